The Morgan fingerprint density at radius 2 is 1.67 bits per heavy atom. The summed E-state index contributed by atoms with van der Waals surface area (Å²) in [5, 5.41) is 9.44. The lowest BCUT2D eigenvalue weighted by atomic mass is 9.91. The number of likely N-dealkylation sites (N-methyl/N-ethyl adjacent to an activating group) is 1. The maximum atomic E-state index is 13.8. The van der Waals surface area contributed by atoms with Gasteiger partial charge in [-0.3, -0.25) is 4.90 Å². The predicted molar refractivity (Wildman–Crippen MR) is 157 cm³/mol. The number of alkyl halides is 6. The standard InChI is InChI=1S/C30H34F6N6O4/c1-5-21-14-23(27-22(7-8-26(39-27)45-4)42(21)28(44)46-6-2)41(25-15-24(37-17-38-25)40(3)9-10-43)16-18-11-19(29(31,32)33)13-20(12-18)30(34,35)36/h7-8,11-13,15,17,21,23,43H,5-6,9-10,14,16H2,1-4H3/t21-,23+/m1/s1. The Hall–Kier alpha value is -4.34. The average molecular weight is 657 g/mol. The Balaban J connectivity index is 1.95. The lowest BCUT2D eigenvalue weighted by Crippen LogP contribution is -2.48. The minimum atomic E-state index is -5.05. The van der Waals surface area contributed by atoms with Gasteiger partial charge in [-0.25, -0.2) is 19.7 Å². The molecule has 0 bridgehead atoms. The fourth-order valence-corrected chi connectivity index (χ4v) is 5.37. The summed E-state index contributed by atoms with van der Waals surface area (Å²) in [5.74, 6) is 0.687. The van der Waals surface area contributed by atoms with Crippen molar-refractivity contribution in [2.75, 3.05) is 48.6 Å². The van der Waals surface area contributed by atoms with Gasteiger partial charge in [-0.05, 0) is 49.6 Å². The van der Waals surface area contributed by atoms with Crippen molar-refractivity contribution in [2.24, 2.45) is 0 Å². The molecule has 0 radical (unpaired) electrons. The van der Waals surface area contributed by atoms with E-state index < -0.39 is 48.2 Å². The number of pyridine rings is 1. The number of aliphatic hydroxyl groups is 1. The van der Waals surface area contributed by atoms with Crippen LogP contribution in [0.15, 0.2) is 42.7 Å². The number of fused-ring (bicyclic) bond motifs is 1. The molecule has 0 saturated carbocycles. The molecule has 1 N–H and O–H groups in total. The van der Waals surface area contributed by atoms with E-state index in [4.69, 9.17) is 9.47 Å². The van der Waals surface area contributed by atoms with E-state index in [1.807, 2.05) is 6.92 Å². The van der Waals surface area contributed by atoms with Gasteiger partial charge in [0.05, 0.1) is 48.9 Å². The van der Waals surface area contributed by atoms with Gasteiger partial charge in [0.15, 0.2) is 0 Å². The van der Waals surface area contributed by atoms with Gasteiger partial charge in [0.25, 0.3) is 0 Å². The zero-order valence-electron chi connectivity index (χ0n) is 25.6. The third kappa shape index (κ3) is 7.54. The van der Waals surface area contributed by atoms with Crippen LogP contribution in [0, 0.1) is 0 Å². The van der Waals surface area contributed by atoms with Crippen LogP contribution in [-0.4, -0.2) is 66.1 Å². The third-order valence-corrected chi connectivity index (χ3v) is 7.59. The second kappa shape index (κ2) is 14.0. The van der Waals surface area contributed by atoms with Gasteiger partial charge in [-0.1, -0.05) is 6.92 Å². The lowest BCUT2D eigenvalue weighted by Gasteiger charge is -2.43. The van der Waals surface area contributed by atoms with Crippen LogP contribution in [0.3, 0.4) is 0 Å². The zero-order valence-corrected chi connectivity index (χ0v) is 25.6. The minimum Gasteiger partial charge on any atom is -0.481 e. The summed E-state index contributed by atoms with van der Waals surface area (Å²) in [7, 11) is 3.04. The Labute approximate surface area is 261 Å². The van der Waals surface area contributed by atoms with Gasteiger partial charge in [0, 0.05) is 38.3 Å². The topological polar surface area (TPSA) is 104 Å². The molecule has 1 aliphatic heterocycles. The monoisotopic (exact) mass is 656 g/mol. The number of methoxy groups -OCH3 is 1. The first kappa shape index (κ1) is 34.5. The number of nitrogens with zero attached hydrogens (tertiary/aromatic N) is 6. The van der Waals surface area contributed by atoms with Gasteiger partial charge < -0.3 is 24.4 Å². The van der Waals surface area contributed by atoms with Gasteiger partial charge >= 0.3 is 18.4 Å². The highest BCUT2D eigenvalue weighted by atomic mass is 19.4. The van der Waals surface area contributed by atoms with Crippen LogP contribution in [-0.2, 0) is 23.6 Å². The molecule has 16 heteroatoms. The number of amides is 1. The van der Waals surface area contributed by atoms with Crippen LogP contribution < -0.4 is 19.4 Å². The zero-order chi connectivity index (χ0) is 33.8. The Morgan fingerprint density at radius 3 is 2.24 bits per heavy atom. The molecule has 2 aromatic heterocycles. The number of hydrogen-bond acceptors (Lipinski definition) is 9. The number of rotatable bonds is 10. The summed E-state index contributed by atoms with van der Waals surface area (Å²) < 4.78 is 93.6. The van der Waals surface area contributed by atoms with Crippen molar-refractivity contribution in [3.05, 3.63) is 65.1 Å². The molecule has 0 fully saturated rings. The molecule has 0 unspecified atom stereocenters. The van der Waals surface area contributed by atoms with Crippen LogP contribution >= 0.6 is 0 Å². The van der Waals surface area contributed by atoms with Crippen molar-refractivity contribution in [3.63, 3.8) is 0 Å². The fourth-order valence-electron chi connectivity index (χ4n) is 5.37. The highest BCUT2D eigenvalue weighted by Crippen LogP contribution is 2.44. The quantitative estimate of drug-likeness (QED) is 0.254. The summed E-state index contributed by atoms with van der Waals surface area (Å²) in [4.78, 5) is 30.9. The number of carbonyl (C=O) groups is 1. The number of aliphatic hydroxyl groups excluding tert-OH is 1. The van der Waals surface area contributed by atoms with E-state index in [9.17, 15) is 36.2 Å². The third-order valence-electron chi connectivity index (χ3n) is 7.59. The SMILES string of the molecule is CCOC(=O)N1c2ccc(OC)nc2[C@@H](N(Cc2cc(C(F)(F)F)cc(C(F)(F)F)c2)c2cc(N(C)CCO)ncn2)C[C@H]1CC. The summed E-state index contributed by atoms with van der Waals surface area (Å²) in [5.41, 5.74) is -2.56. The molecule has 1 aromatic carbocycles. The molecular formula is C30H34F6N6O4. The molecule has 0 aliphatic carbocycles. The number of benzene rings is 1. The molecular weight excluding hydrogens is 622 g/mol. The molecule has 0 spiro atoms. The molecule has 0 saturated heterocycles. The van der Waals surface area contributed by atoms with Gasteiger partial charge in [0.2, 0.25) is 5.88 Å². The molecule has 10 nitrogen and oxygen atoms in total. The smallest absolute Gasteiger partial charge is 0.416 e. The molecule has 46 heavy (non-hydrogen) atoms. The van der Waals surface area contributed by atoms with Crippen molar-refractivity contribution >= 4 is 23.4 Å². The van der Waals surface area contributed by atoms with Crippen LogP contribution in [0.5, 0.6) is 5.88 Å². The Kier molecular flexibility index (Phi) is 10.5. The number of aromatic nitrogens is 3. The van der Waals surface area contributed by atoms with E-state index in [1.165, 1.54) is 24.4 Å². The highest BCUT2D eigenvalue weighted by Gasteiger charge is 2.42. The van der Waals surface area contributed by atoms with Gasteiger partial charge in [-0.15, -0.1) is 0 Å². The number of hydrogen-bond donors (Lipinski definition) is 1. The Bertz CT molecular complexity index is 1490. The van der Waals surface area contributed by atoms with E-state index in [1.54, 1.807) is 35.9 Å². The molecule has 4 rings (SSSR count). The van der Waals surface area contributed by atoms with Gasteiger partial charge in [0.1, 0.15) is 18.0 Å². The summed E-state index contributed by atoms with van der Waals surface area (Å²) >= 11 is 0. The van der Waals surface area contributed by atoms with E-state index in [-0.39, 0.29) is 55.2 Å². The van der Waals surface area contributed by atoms with Crippen LogP contribution in [0.2, 0.25) is 0 Å². The normalized spacial score (nSPS) is 16.5. The maximum absolute atomic E-state index is 13.8. The van der Waals surface area contributed by atoms with E-state index >= 15 is 0 Å². The first-order valence-electron chi connectivity index (χ1n) is 14.4. The second-order valence-electron chi connectivity index (χ2n) is 10.6. The molecule has 1 amide bonds. The number of anilines is 3. The predicted octanol–water partition coefficient (Wildman–Crippen LogP) is 6.24. The summed E-state index contributed by atoms with van der Waals surface area (Å²) in [6, 6.07) is 4.80. The largest absolute Gasteiger partial charge is 0.481 e. The van der Waals surface area contributed by atoms with Crippen molar-refractivity contribution in [3.8, 4) is 5.88 Å². The van der Waals surface area contributed by atoms with Gasteiger partial charge in [-0.2, -0.15) is 26.3 Å². The lowest BCUT2D eigenvalue weighted by molar-refractivity contribution is -0.143. The minimum absolute atomic E-state index is 0.0765. The molecule has 1 aliphatic rings. The molecule has 250 valence electrons. The molecule has 2 atom stereocenters. The van der Waals surface area contributed by atoms with Crippen molar-refractivity contribution < 1.29 is 45.7 Å². The van der Waals surface area contributed by atoms with Crippen LogP contribution in [0.4, 0.5) is 48.5 Å². The number of ether oxygens (including phenoxy) is 2. The summed E-state index contributed by atoms with van der Waals surface area (Å²) in [6.07, 6.45) is -8.91. The van der Waals surface area contributed by atoms with E-state index in [2.05, 4.69) is 15.0 Å². The highest BCUT2D eigenvalue weighted by molar-refractivity contribution is 5.90. The molecule has 3 heterocycles. The van der Waals surface area contributed by atoms with Crippen LogP contribution in [0.25, 0.3) is 0 Å². The first-order chi connectivity index (χ1) is 21.7. The second-order valence-corrected chi connectivity index (χ2v) is 10.6. The van der Waals surface area contributed by atoms with Crippen molar-refractivity contribution in [1.82, 2.24) is 15.0 Å². The fraction of sp³-hybridized carbons (Fsp3) is 0.467. The number of halogens is 6. The van der Waals surface area contributed by atoms with Crippen LogP contribution in [0.1, 0.15) is 55.1 Å². The van der Waals surface area contributed by atoms with E-state index in [0.717, 1.165) is 0 Å². The maximum Gasteiger partial charge on any atom is 0.416 e. The average Bonchev–Trinajstić information content (AvgIpc) is 3.02. The van der Waals surface area contributed by atoms with Crippen molar-refractivity contribution in [2.45, 2.75) is 57.7 Å². The molecule has 3 aromatic rings. The summed E-state index contributed by atoms with van der Waals surface area (Å²) in [6.45, 7) is 3.14. The van der Waals surface area contributed by atoms with E-state index in [0.29, 0.717) is 30.1 Å². The van der Waals surface area contributed by atoms with Crippen molar-refractivity contribution in [1.29, 1.82) is 0 Å². The number of carbonyl (C=O) groups excluding carboxylic acids is 1. The Morgan fingerprint density at radius 1 is 1.02 bits per heavy atom. The first-order valence-corrected chi connectivity index (χ1v) is 14.4.